The highest BCUT2D eigenvalue weighted by atomic mass is 16.3. The third-order valence-electron chi connectivity index (χ3n) is 4.82. The molecule has 3 amide bonds. The van der Waals surface area contributed by atoms with Crippen LogP contribution in [0.15, 0.2) is 41.0 Å². The van der Waals surface area contributed by atoms with Crippen molar-refractivity contribution >= 4 is 23.4 Å². The van der Waals surface area contributed by atoms with Crippen LogP contribution in [0.3, 0.4) is 0 Å². The molecule has 7 nitrogen and oxygen atoms in total. The molecule has 2 aromatic rings. The molecule has 1 aromatic heterocycles. The first-order chi connectivity index (χ1) is 13.4. The fourth-order valence-electron chi connectivity index (χ4n) is 3.39. The van der Waals surface area contributed by atoms with E-state index in [1.54, 1.807) is 31.1 Å². The minimum absolute atomic E-state index is 0.0394. The van der Waals surface area contributed by atoms with Gasteiger partial charge in [0.1, 0.15) is 6.04 Å². The van der Waals surface area contributed by atoms with Crippen molar-refractivity contribution in [2.45, 2.75) is 38.8 Å². The van der Waals surface area contributed by atoms with Crippen LogP contribution in [0.1, 0.15) is 41.4 Å². The average molecular weight is 383 g/mol. The number of furan rings is 1. The Hall–Kier alpha value is -3.09. The van der Waals surface area contributed by atoms with E-state index in [9.17, 15) is 14.4 Å². The number of benzene rings is 1. The van der Waals surface area contributed by atoms with Gasteiger partial charge in [-0.3, -0.25) is 14.4 Å². The topological polar surface area (TPSA) is 82.9 Å². The van der Waals surface area contributed by atoms with Crippen molar-refractivity contribution in [3.8, 4) is 0 Å². The normalized spacial score (nSPS) is 15.7. The van der Waals surface area contributed by atoms with Gasteiger partial charge >= 0.3 is 0 Å². The van der Waals surface area contributed by atoms with Crippen molar-refractivity contribution in [2.24, 2.45) is 0 Å². The molecule has 7 heteroatoms. The monoisotopic (exact) mass is 383 g/mol. The number of fused-ring (bicyclic) bond motifs is 1. The van der Waals surface area contributed by atoms with Crippen LogP contribution in [0.2, 0.25) is 0 Å². The number of rotatable bonds is 5. The van der Waals surface area contributed by atoms with Gasteiger partial charge in [-0.2, -0.15) is 0 Å². The van der Waals surface area contributed by atoms with E-state index in [1.807, 2.05) is 25.1 Å². The predicted octanol–water partition coefficient (Wildman–Crippen LogP) is 2.67. The number of hydrogen-bond acceptors (Lipinski definition) is 4. The van der Waals surface area contributed by atoms with Crippen LogP contribution < -0.4 is 5.32 Å². The Balaban J connectivity index is 1.90. The summed E-state index contributed by atoms with van der Waals surface area (Å²) in [5, 5.41) is 2.88. The molecule has 0 aliphatic carbocycles. The Morgan fingerprint density at radius 3 is 2.64 bits per heavy atom. The van der Waals surface area contributed by atoms with Gasteiger partial charge < -0.3 is 19.5 Å². The molecule has 0 unspecified atom stereocenters. The molecule has 1 aliphatic heterocycles. The molecule has 0 fully saturated rings. The maximum Gasteiger partial charge on any atom is 0.290 e. The molecule has 0 spiro atoms. The molecule has 0 radical (unpaired) electrons. The molecule has 2 heterocycles. The Bertz CT molecular complexity index is 874. The first-order valence-corrected chi connectivity index (χ1v) is 9.38. The number of hydrogen-bond donors (Lipinski definition) is 1. The summed E-state index contributed by atoms with van der Waals surface area (Å²) in [6, 6.07) is 8.28. The van der Waals surface area contributed by atoms with Gasteiger partial charge in [-0.1, -0.05) is 13.0 Å². The summed E-state index contributed by atoms with van der Waals surface area (Å²) in [6.07, 6.45) is 3.09. The second-order valence-electron chi connectivity index (χ2n) is 7.14. The van der Waals surface area contributed by atoms with Crippen LogP contribution in [0, 0.1) is 0 Å². The molecular formula is C21H25N3O4. The van der Waals surface area contributed by atoms with Gasteiger partial charge in [0.25, 0.3) is 5.91 Å². The van der Waals surface area contributed by atoms with Crippen molar-refractivity contribution in [3.05, 3.63) is 53.5 Å². The molecule has 0 saturated heterocycles. The minimum atomic E-state index is -0.597. The molecule has 1 atom stereocenters. The Labute approximate surface area is 164 Å². The summed E-state index contributed by atoms with van der Waals surface area (Å²) in [6.45, 7) is 2.23. The van der Waals surface area contributed by atoms with Crippen molar-refractivity contribution < 1.29 is 18.8 Å². The van der Waals surface area contributed by atoms with Gasteiger partial charge in [0.15, 0.2) is 5.76 Å². The van der Waals surface area contributed by atoms with Crippen LogP contribution in [0.4, 0.5) is 5.69 Å². The fraction of sp³-hybridized carbons (Fsp3) is 0.381. The smallest absolute Gasteiger partial charge is 0.290 e. The van der Waals surface area contributed by atoms with E-state index < -0.39 is 6.04 Å². The number of nitrogens with zero attached hydrogens (tertiary/aromatic N) is 2. The van der Waals surface area contributed by atoms with E-state index in [-0.39, 0.29) is 30.0 Å². The van der Waals surface area contributed by atoms with Gasteiger partial charge in [-0.05, 0) is 41.8 Å². The van der Waals surface area contributed by atoms with Gasteiger partial charge in [-0.25, -0.2) is 0 Å². The third kappa shape index (κ3) is 4.08. The molecule has 3 rings (SSSR count). The summed E-state index contributed by atoms with van der Waals surface area (Å²) in [4.78, 5) is 40.6. The summed E-state index contributed by atoms with van der Waals surface area (Å²) < 4.78 is 5.26. The van der Waals surface area contributed by atoms with Gasteiger partial charge in [0.2, 0.25) is 11.8 Å². The van der Waals surface area contributed by atoms with E-state index in [4.69, 9.17) is 4.42 Å². The highest BCUT2D eigenvalue weighted by molar-refractivity contribution is 5.96. The summed E-state index contributed by atoms with van der Waals surface area (Å²) in [5.41, 5.74) is 2.61. The number of likely N-dealkylation sites (N-methyl/N-ethyl adjacent to an activating group) is 1. The number of anilines is 1. The second kappa shape index (κ2) is 8.29. The lowest BCUT2D eigenvalue weighted by Crippen LogP contribution is -2.52. The molecule has 28 heavy (non-hydrogen) atoms. The summed E-state index contributed by atoms with van der Waals surface area (Å²) in [5.74, 6) is -0.294. The van der Waals surface area contributed by atoms with Crippen LogP contribution in [0.5, 0.6) is 0 Å². The maximum absolute atomic E-state index is 12.9. The zero-order chi connectivity index (χ0) is 20.3. The lowest BCUT2D eigenvalue weighted by Gasteiger charge is -2.37. The highest BCUT2D eigenvalue weighted by Gasteiger charge is 2.36. The van der Waals surface area contributed by atoms with Crippen LogP contribution in [-0.4, -0.2) is 47.7 Å². The van der Waals surface area contributed by atoms with Crippen molar-refractivity contribution in [1.82, 2.24) is 9.80 Å². The first kappa shape index (κ1) is 19.7. The Morgan fingerprint density at radius 2 is 2.00 bits per heavy atom. The zero-order valence-electron chi connectivity index (χ0n) is 16.4. The second-order valence-corrected chi connectivity index (χ2v) is 7.14. The zero-order valence-corrected chi connectivity index (χ0v) is 16.4. The molecule has 0 bridgehead atoms. The average Bonchev–Trinajstić information content (AvgIpc) is 3.20. The lowest BCUT2D eigenvalue weighted by molar-refractivity contribution is -0.134. The lowest BCUT2D eigenvalue weighted by atomic mass is 9.92. The van der Waals surface area contributed by atoms with Gasteiger partial charge in [0.05, 0.1) is 6.26 Å². The first-order valence-electron chi connectivity index (χ1n) is 9.38. The SMILES string of the molecule is CCCC(=O)Nc1ccc2c(c1)CN(C(=O)c1ccco1)[C@@H](C(=O)N(C)C)C2. The summed E-state index contributed by atoms with van der Waals surface area (Å²) in [7, 11) is 3.36. The quantitative estimate of drug-likeness (QED) is 0.861. The van der Waals surface area contributed by atoms with E-state index in [0.717, 1.165) is 17.5 Å². The van der Waals surface area contributed by atoms with E-state index in [1.165, 1.54) is 11.2 Å². The summed E-state index contributed by atoms with van der Waals surface area (Å²) >= 11 is 0. The van der Waals surface area contributed by atoms with Crippen LogP contribution in [0.25, 0.3) is 0 Å². The minimum Gasteiger partial charge on any atom is -0.459 e. The number of amides is 3. The number of carbonyl (C=O) groups is 3. The fourth-order valence-corrected chi connectivity index (χ4v) is 3.39. The Morgan fingerprint density at radius 1 is 1.21 bits per heavy atom. The van der Waals surface area contributed by atoms with Gasteiger partial charge in [0, 0.05) is 39.2 Å². The highest BCUT2D eigenvalue weighted by Crippen LogP contribution is 2.28. The molecule has 1 N–H and O–H groups in total. The maximum atomic E-state index is 12.9. The van der Waals surface area contributed by atoms with Crippen molar-refractivity contribution in [2.75, 3.05) is 19.4 Å². The van der Waals surface area contributed by atoms with Crippen LogP contribution in [-0.2, 0) is 22.6 Å². The molecule has 1 aromatic carbocycles. The Kier molecular flexibility index (Phi) is 5.82. The number of carbonyl (C=O) groups excluding carboxylic acids is 3. The third-order valence-corrected chi connectivity index (χ3v) is 4.82. The largest absolute Gasteiger partial charge is 0.459 e. The van der Waals surface area contributed by atoms with Crippen LogP contribution >= 0.6 is 0 Å². The van der Waals surface area contributed by atoms with Crippen molar-refractivity contribution in [3.63, 3.8) is 0 Å². The standard InChI is InChI=1S/C21H25N3O4/c1-4-6-19(25)22-16-9-8-14-12-17(20(26)23(2)3)24(13-15(14)11-16)21(27)18-7-5-10-28-18/h5,7-11,17H,4,6,12-13H2,1-3H3,(H,22,25)/t17-/m1/s1. The molecule has 0 saturated carbocycles. The van der Waals surface area contributed by atoms with E-state index in [2.05, 4.69) is 5.32 Å². The molecular weight excluding hydrogens is 358 g/mol. The van der Waals surface area contributed by atoms with E-state index in [0.29, 0.717) is 18.5 Å². The number of nitrogens with one attached hydrogen (secondary N) is 1. The van der Waals surface area contributed by atoms with Gasteiger partial charge in [-0.15, -0.1) is 0 Å². The van der Waals surface area contributed by atoms with E-state index >= 15 is 0 Å². The van der Waals surface area contributed by atoms with Crippen molar-refractivity contribution in [1.29, 1.82) is 0 Å². The molecule has 1 aliphatic rings. The predicted molar refractivity (Wildman–Crippen MR) is 105 cm³/mol. The molecule has 148 valence electrons.